The van der Waals surface area contributed by atoms with Crippen LogP contribution < -0.4 is 5.73 Å². The van der Waals surface area contributed by atoms with Crippen molar-refractivity contribution in [2.24, 2.45) is 0 Å². The van der Waals surface area contributed by atoms with Crippen LogP contribution in [0.25, 0.3) is 21.8 Å². The van der Waals surface area contributed by atoms with E-state index < -0.39 is 0 Å². The van der Waals surface area contributed by atoms with Crippen LogP contribution in [0.3, 0.4) is 0 Å². The van der Waals surface area contributed by atoms with Crippen molar-refractivity contribution in [1.29, 1.82) is 0 Å². The highest BCUT2D eigenvalue weighted by Gasteiger charge is 2.08. The zero-order valence-corrected chi connectivity index (χ0v) is 12.7. The van der Waals surface area contributed by atoms with Gasteiger partial charge in [-0.2, -0.15) is 0 Å². The molecule has 4 aromatic rings. The quantitative estimate of drug-likeness (QED) is 0.578. The highest BCUT2D eigenvalue weighted by Crippen LogP contribution is 2.27. The predicted molar refractivity (Wildman–Crippen MR) is 95.3 cm³/mol. The first-order valence-corrected chi connectivity index (χ1v) is 7.78. The first-order chi connectivity index (χ1) is 11.3. The molecule has 2 aromatic heterocycles. The number of fused-ring (bicyclic) bond motifs is 3. The van der Waals surface area contributed by atoms with Gasteiger partial charge in [-0.25, -0.2) is 4.98 Å². The van der Waals surface area contributed by atoms with Crippen LogP contribution in [0, 0.1) is 0 Å². The van der Waals surface area contributed by atoms with Gasteiger partial charge in [0, 0.05) is 17.0 Å². The van der Waals surface area contributed by atoms with Crippen molar-refractivity contribution in [3.63, 3.8) is 0 Å². The molecular weight excluding hydrogens is 282 g/mol. The number of nitrogens with zero attached hydrogens (tertiary/aromatic N) is 2. The molecule has 0 spiro atoms. The van der Waals surface area contributed by atoms with E-state index in [1.54, 1.807) is 0 Å². The number of hydrogen-bond acceptors (Lipinski definition) is 3. The Bertz CT molecular complexity index is 978. The van der Waals surface area contributed by atoms with Gasteiger partial charge in [-0.15, -0.1) is 0 Å². The summed E-state index contributed by atoms with van der Waals surface area (Å²) >= 11 is 0. The summed E-state index contributed by atoms with van der Waals surface area (Å²) in [7, 11) is 0. The minimum atomic E-state index is 0.494. The Morgan fingerprint density at radius 2 is 1.52 bits per heavy atom. The van der Waals surface area contributed by atoms with Gasteiger partial charge in [0.25, 0.3) is 0 Å². The third-order valence-electron chi connectivity index (χ3n) is 4.17. The molecule has 0 aliphatic carbocycles. The lowest BCUT2D eigenvalue weighted by Crippen LogP contribution is -1.98. The Morgan fingerprint density at radius 1 is 0.783 bits per heavy atom. The number of para-hydroxylation sites is 1. The molecule has 0 fully saturated rings. The van der Waals surface area contributed by atoms with Crippen LogP contribution in [0.1, 0.15) is 11.1 Å². The van der Waals surface area contributed by atoms with Crippen molar-refractivity contribution in [1.82, 2.24) is 9.97 Å². The van der Waals surface area contributed by atoms with Crippen molar-refractivity contribution < 1.29 is 0 Å². The second-order valence-corrected chi connectivity index (χ2v) is 5.74. The summed E-state index contributed by atoms with van der Waals surface area (Å²) in [5.41, 5.74) is 10.3. The topological polar surface area (TPSA) is 51.8 Å². The fraction of sp³-hybridized carbons (Fsp3) is 0.100. The standard InChI is InChI=1S/C20H17N3/c21-20-19-17(16-8-4-5-9-18(16)23-20)12-15(13-22-19)11-10-14-6-2-1-3-7-14/h1-9,12-13H,10-11H2,(H2,21,23). The van der Waals surface area contributed by atoms with Crippen LogP contribution in [0.4, 0.5) is 5.82 Å². The lowest BCUT2D eigenvalue weighted by molar-refractivity contribution is 0.955. The van der Waals surface area contributed by atoms with Gasteiger partial charge < -0.3 is 5.73 Å². The average molecular weight is 299 g/mol. The Balaban J connectivity index is 1.76. The maximum absolute atomic E-state index is 6.06. The number of pyridine rings is 2. The van der Waals surface area contributed by atoms with E-state index in [0.29, 0.717) is 5.82 Å². The molecule has 0 unspecified atom stereocenters. The molecule has 3 heteroatoms. The Labute approximate surface area is 134 Å². The third kappa shape index (κ3) is 2.61. The van der Waals surface area contributed by atoms with Crippen molar-refractivity contribution in [2.75, 3.05) is 5.73 Å². The molecule has 0 aliphatic heterocycles. The van der Waals surface area contributed by atoms with Crippen LogP contribution in [0.15, 0.2) is 66.9 Å². The number of nitrogen functional groups attached to an aromatic ring is 1. The van der Waals surface area contributed by atoms with Crippen LogP contribution in [0.5, 0.6) is 0 Å². The summed E-state index contributed by atoms with van der Waals surface area (Å²) in [6.45, 7) is 0. The molecule has 112 valence electrons. The van der Waals surface area contributed by atoms with Crippen LogP contribution >= 0.6 is 0 Å². The molecule has 2 heterocycles. The van der Waals surface area contributed by atoms with E-state index >= 15 is 0 Å². The maximum Gasteiger partial charge on any atom is 0.150 e. The smallest absolute Gasteiger partial charge is 0.150 e. The molecule has 2 aromatic carbocycles. The fourth-order valence-electron chi connectivity index (χ4n) is 2.97. The average Bonchev–Trinajstić information content (AvgIpc) is 2.61. The number of aryl methyl sites for hydroxylation is 2. The van der Waals surface area contributed by atoms with Crippen LogP contribution in [0.2, 0.25) is 0 Å². The van der Waals surface area contributed by atoms with Gasteiger partial charge in [-0.3, -0.25) is 4.98 Å². The highest BCUT2D eigenvalue weighted by molar-refractivity contribution is 6.08. The summed E-state index contributed by atoms with van der Waals surface area (Å²) in [4.78, 5) is 9.00. The number of hydrogen-bond donors (Lipinski definition) is 1. The van der Waals surface area contributed by atoms with Crippen LogP contribution in [-0.4, -0.2) is 9.97 Å². The molecule has 23 heavy (non-hydrogen) atoms. The first kappa shape index (κ1) is 13.7. The molecule has 0 aliphatic rings. The summed E-state index contributed by atoms with van der Waals surface area (Å²) in [5.74, 6) is 0.494. The predicted octanol–water partition coefficient (Wildman–Crippen LogP) is 4.15. The van der Waals surface area contributed by atoms with E-state index in [4.69, 9.17) is 5.73 Å². The normalized spacial score (nSPS) is 11.1. The van der Waals surface area contributed by atoms with Crippen molar-refractivity contribution >= 4 is 27.6 Å². The van der Waals surface area contributed by atoms with E-state index in [0.717, 1.165) is 34.6 Å². The van der Waals surface area contributed by atoms with Crippen molar-refractivity contribution in [3.05, 3.63) is 78.0 Å². The Hall–Kier alpha value is -2.94. The van der Waals surface area contributed by atoms with Gasteiger partial charge in [0.2, 0.25) is 0 Å². The van der Waals surface area contributed by atoms with Gasteiger partial charge in [0.05, 0.1) is 5.52 Å². The minimum Gasteiger partial charge on any atom is -0.382 e. The Morgan fingerprint density at radius 3 is 2.39 bits per heavy atom. The highest BCUT2D eigenvalue weighted by atomic mass is 14.9. The van der Waals surface area contributed by atoms with E-state index in [2.05, 4.69) is 46.4 Å². The Kier molecular flexibility index (Phi) is 3.39. The molecule has 4 rings (SSSR count). The monoisotopic (exact) mass is 299 g/mol. The molecule has 0 atom stereocenters. The second kappa shape index (κ2) is 5.69. The lowest BCUT2D eigenvalue weighted by atomic mass is 10.0. The number of anilines is 1. The maximum atomic E-state index is 6.06. The molecule has 0 amide bonds. The molecule has 0 radical (unpaired) electrons. The van der Waals surface area contributed by atoms with Gasteiger partial charge in [-0.05, 0) is 36.1 Å². The summed E-state index contributed by atoms with van der Waals surface area (Å²) in [6, 6.07) is 20.8. The molecule has 0 saturated heterocycles. The number of nitrogens with two attached hydrogens (primary N) is 1. The zero-order chi connectivity index (χ0) is 15.6. The molecular formula is C20H17N3. The number of benzene rings is 2. The lowest BCUT2D eigenvalue weighted by Gasteiger charge is -2.08. The fourth-order valence-corrected chi connectivity index (χ4v) is 2.97. The van der Waals surface area contributed by atoms with Crippen molar-refractivity contribution in [3.8, 4) is 0 Å². The van der Waals surface area contributed by atoms with E-state index in [9.17, 15) is 0 Å². The molecule has 2 N–H and O–H groups in total. The van der Waals surface area contributed by atoms with Gasteiger partial charge in [0.1, 0.15) is 5.52 Å². The number of aromatic nitrogens is 2. The summed E-state index contributed by atoms with van der Waals surface area (Å²) < 4.78 is 0. The minimum absolute atomic E-state index is 0.494. The first-order valence-electron chi connectivity index (χ1n) is 7.78. The van der Waals surface area contributed by atoms with Crippen LogP contribution in [-0.2, 0) is 12.8 Å². The van der Waals surface area contributed by atoms with Gasteiger partial charge >= 0.3 is 0 Å². The zero-order valence-electron chi connectivity index (χ0n) is 12.7. The van der Waals surface area contributed by atoms with E-state index in [1.807, 2.05) is 30.5 Å². The largest absolute Gasteiger partial charge is 0.382 e. The molecule has 0 bridgehead atoms. The number of rotatable bonds is 3. The van der Waals surface area contributed by atoms with Crippen molar-refractivity contribution in [2.45, 2.75) is 12.8 Å². The third-order valence-corrected chi connectivity index (χ3v) is 4.17. The molecule has 0 saturated carbocycles. The molecule has 3 nitrogen and oxygen atoms in total. The van der Waals surface area contributed by atoms with E-state index in [1.165, 1.54) is 11.1 Å². The summed E-state index contributed by atoms with van der Waals surface area (Å²) in [6.07, 6.45) is 3.88. The van der Waals surface area contributed by atoms with Gasteiger partial charge in [-0.1, -0.05) is 48.5 Å². The summed E-state index contributed by atoms with van der Waals surface area (Å²) in [5, 5.41) is 2.18. The SMILES string of the molecule is Nc1nc2ccccc2c2cc(CCc3ccccc3)cnc12. The van der Waals surface area contributed by atoms with E-state index in [-0.39, 0.29) is 0 Å². The van der Waals surface area contributed by atoms with Gasteiger partial charge in [0.15, 0.2) is 5.82 Å². The second-order valence-electron chi connectivity index (χ2n) is 5.74.